The Balaban J connectivity index is 1.91. The quantitative estimate of drug-likeness (QED) is 0.854. The fraction of sp³-hybridized carbons (Fsp3) is 0.267. The third kappa shape index (κ3) is 3.03. The third-order valence-electron chi connectivity index (χ3n) is 3.66. The van der Waals surface area contributed by atoms with E-state index in [9.17, 15) is 4.79 Å². The normalized spacial score (nSPS) is 17.3. The molecule has 3 N–H and O–H groups in total. The Morgan fingerprint density at radius 3 is 2.90 bits per heavy atom. The number of carbonyl (C=O) groups is 1. The minimum absolute atomic E-state index is 0.165. The van der Waals surface area contributed by atoms with Gasteiger partial charge in [-0.15, -0.1) is 11.3 Å². The standard InChI is InChI=1S/C15H14Cl2N2OS/c16-10-5-4-8(15(18)20)6-12(10)19-11-2-1-3-13-9(11)7-14(17)21-13/h4-7,11,19H,1-3H2,(H2,18,20). The van der Waals surface area contributed by atoms with E-state index in [1.165, 1.54) is 10.4 Å². The minimum Gasteiger partial charge on any atom is -0.377 e. The highest BCUT2D eigenvalue weighted by Crippen LogP contribution is 2.40. The number of rotatable bonds is 3. The molecule has 0 spiro atoms. The molecule has 1 aliphatic carbocycles. The maximum absolute atomic E-state index is 11.3. The molecule has 0 saturated carbocycles. The van der Waals surface area contributed by atoms with E-state index in [1.807, 2.05) is 6.07 Å². The summed E-state index contributed by atoms with van der Waals surface area (Å²) in [6.07, 6.45) is 3.19. The van der Waals surface area contributed by atoms with Crippen molar-refractivity contribution in [3.8, 4) is 0 Å². The lowest BCUT2D eigenvalue weighted by molar-refractivity contribution is 0.100. The highest BCUT2D eigenvalue weighted by atomic mass is 35.5. The SMILES string of the molecule is NC(=O)c1ccc(Cl)c(NC2CCCc3sc(Cl)cc32)c1. The maximum Gasteiger partial charge on any atom is 0.248 e. The molecule has 110 valence electrons. The highest BCUT2D eigenvalue weighted by Gasteiger charge is 2.23. The fourth-order valence-corrected chi connectivity index (χ4v) is 4.20. The van der Waals surface area contributed by atoms with Crippen molar-refractivity contribution < 1.29 is 4.79 Å². The summed E-state index contributed by atoms with van der Waals surface area (Å²) >= 11 is 14.0. The van der Waals surface area contributed by atoms with Crippen LogP contribution in [0.1, 0.15) is 39.7 Å². The van der Waals surface area contributed by atoms with Crippen molar-refractivity contribution in [1.29, 1.82) is 0 Å². The molecule has 0 fully saturated rings. The zero-order valence-electron chi connectivity index (χ0n) is 11.2. The summed E-state index contributed by atoms with van der Waals surface area (Å²) in [6, 6.07) is 7.20. The Bertz CT molecular complexity index is 699. The smallest absolute Gasteiger partial charge is 0.248 e. The van der Waals surface area contributed by atoms with Crippen LogP contribution in [0.15, 0.2) is 24.3 Å². The lowest BCUT2D eigenvalue weighted by Gasteiger charge is -2.25. The molecule has 1 atom stereocenters. The summed E-state index contributed by atoms with van der Waals surface area (Å²) in [4.78, 5) is 12.6. The zero-order chi connectivity index (χ0) is 15.0. The van der Waals surface area contributed by atoms with Gasteiger partial charge in [0, 0.05) is 10.4 Å². The van der Waals surface area contributed by atoms with Crippen molar-refractivity contribution in [2.24, 2.45) is 5.73 Å². The summed E-state index contributed by atoms with van der Waals surface area (Å²) in [7, 11) is 0. The summed E-state index contributed by atoms with van der Waals surface area (Å²) in [5.41, 5.74) is 7.73. The molecule has 1 unspecified atom stereocenters. The first kappa shape index (κ1) is 14.7. The van der Waals surface area contributed by atoms with Crippen LogP contribution in [0, 0.1) is 0 Å². The molecule has 1 amide bonds. The molecule has 2 aromatic rings. The Morgan fingerprint density at radius 2 is 2.14 bits per heavy atom. The van der Waals surface area contributed by atoms with Crippen LogP contribution in [0.2, 0.25) is 9.36 Å². The second-order valence-electron chi connectivity index (χ2n) is 5.08. The van der Waals surface area contributed by atoms with Gasteiger partial charge in [-0.25, -0.2) is 0 Å². The van der Waals surface area contributed by atoms with Gasteiger partial charge in [-0.1, -0.05) is 23.2 Å². The van der Waals surface area contributed by atoms with Gasteiger partial charge in [0.05, 0.1) is 21.1 Å². The van der Waals surface area contributed by atoms with Gasteiger partial charge in [-0.2, -0.15) is 0 Å². The molecular weight excluding hydrogens is 327 g/mol. The average molecular weight is 341 g/mol. The van der Waals surface area contributed by atoms with Crippen LogP contribution in [-0.2, 0) is 6.42 Å². The molecule has 6 heteroatoms. The predicted octanol–water partition coefficient (Wildman–Crippen LogP) is 4.64. The van der Waals surface area contributed by atoms with Gasteiger partial charge in [0.1, 0.15) is 0 Å². The van der Waals surface area contributed by atoms with Gasteiger partial charge in [-0.3, -0.25) is 4.79 Å². The summed E-state index contributed by atoms with van der Waals surface area (Å²) in [6.45, 7) is 0. The number of halogens is 2. The number of hydrogen-bond acceptors (Lipinski definition) is 3. The van der Waals surface area contributed by atoms with Crippen LogP contribution >= 0.6 is 34.5 Å². The van der Waals surface area contributed by atoms with Gasteiger partial charge >= 0.3 is 0 Å². The van der Waals surface area contributed by atoms with Gasteiger partial charge in [0.15, 0.2) is 0 Å². The Hall–Kier alpha value is -1.23. The number of primary amides is 1. The number of fused-ring (bicyclic) bond motifs is 1. The van der Waals surface area contributed by atoms with Crippen molar-refractivity contribution in [1.82, 2.24) is 0 Å². The topological polar surface area (TPSA) is 55.1 Å². The van der Waals surface area contributed by atoms with Crippen LogP contribution in [0.4, 0.5) is 5.69 Å². The predicted molar refractivity (Wildman–Crippen MR) is 88.6 cm³/mol. The second kappa shape index (κ2) is 5.87. The number of anilines is 1. The number of nitrogens with two attached hydrogens (primary N) is 1. The Labute approximate surface area is 137 Å². The number of thiophene rings is 1. The lowest BCUT2D eigenvalue weighted by atomic mass is 9.94. The minimum atomic E-state index is -0.461. The molecular formula is C15H14Cl2N2OS. The van der Waals surface area contributed by atoms with E-state index >= 15 is 0 Å². The van der Waals surface area contributed by atoms with Crippen molar-refractivity contribution in [3.05, 3.63) is 49.6 Å². The molecule has 1 aromatic heterocycles. The summed E-state index contributed by atoms with van der Waals surface area (Å²) < 4.78 is 0.811. The second-order valence-corrected chi connectivity index (χ2v) is 7.25. The van der Waals surface area contributed by atoms with Crippen LogP contribution in [0.3, 0.4) is 0 Å². The molecule has 3 nitrogen and oxygen atoms in total. The van der Waals surface area contributed by atoms with E-state index < -0.39 is 5.91 Å². The number of benzene rings is 1. The fourth-order valence-electron chi connectivity index (χ4n) is 2.65. The van der Waals surface area contributed by atoms with Crippen molar-refractivity contribution >= 4 is 46.1 Å². The molecule has 1 aromatic carbocycles. The number of aryl methyl sites for hydroxylation is 1. The molecule has 1 heterocycles. The molecule has 3 rings (SSSR count). The monoisotopic (exact) mass is 340 g/mol. The first-order valence-electron chi connectivity index (χ1n) is 6.68. The zero-order valence-corrected chi connectivity index (χ0v) is 13.5. The van der Waals surface area contributed by atoms with Gasteiger partial charge < -0.3 is 11.1 Å². The van der Waals surface area contributed by atoms with Crippen LogP contribution < -0.4 is 11.1 Å². The van der Waals surface area contributed by atoms with Crippen LogP contribution in [0.25, 0.3) is 0 Å². The summed E-state index contributed by atoms with van der Waals surface area (Å²) in [5.74, 6) is -0.461. The van der Waals surface area contributed by atoms with Crippen LogP contribution in [0.5, 0.6) is 0 Å². The van der Waals surface area contributed by atoms with Crippen LogP contribution in [-0.4, -0.2) is 5.91 Å². The van der Waals surface area contributed by atoms with Crippen molar-refractivity contribution in [2.45, 2.75) is 25.3 Å². The molecule has 0 aliphatic heterocycles. The van der Waals surface area contributed by atoms with Gasteiger partial charge in [-0.05, 0) is 49.1 Å². The summed E-state index contributed by atoms with van der Waals surface area (Å²) in [5, 5.41) is 4.00. The van der Waals surface area contributed by atoms with E-state index in [0.29, 0.717) is 10.6 Å². The third-order valence-corrected chi connectivity index (χ3v) is 5.33. The van der Waals surface area contributed by atoms with E-state index in [4.69, 9.17) is 28.9 Å². The van der Waals surface area contributed by atoms with Crippen molar-refractivity contribution in [3.63, 3.8) is 0 Å². The van der Waals surface area contributed by atoms with E-state index in [2.05, 4.69) is 5.32 Å². The number of nitrogens with one attached hydrogen (secondary N) is 1. The molecule has 0 saturated heterocycles. The Kier molecular flexibility index (Phi) is 4.11. The van der Waals surface area contributed by atoms with Gasteiger partial charge in [0.25, 0.3) is 0 Å². The molecule has 0 bridgehead atoms. The first-order chi connectivity index (χ1) is 10.0. The average Bonchev–Trinajstić information content (AvgIpc) is 2.82. The molecule has 0 radical (unpaired) electrons. The first-order valence-corrected chi connectivity index (χ1v) is 8.26. The maximum atomic E-state index is 11.3. The van der Waals surface area contributed by atoms with Gasteiger partial charge in [0.2, 0.25) is 5.91 Å². The highest BCUT2D eigenvalue weighted by molar-refractivity contribution is 7.16. The van der Waals surface area contributed by atoms with E-state index in [-0.39, 0.29) is 6.04 Å². The van der Waals surface area contributed by atoms with E-state index in [1.54, 1.807) is 29.5 Å². The van der Waals surface area contributed by atoms with Crippen molar-refractivity contribution in [2.75, 3.05) is 5.32 Å². The lowest BCUT2D eigenvalue weighted by Crippen LogP contribution is -2.17. The van der Waals surface area contributed by atoms with E-state index in [0.717, 1.165) is 29.3 Å². The number of hydrogen-bond donors (Lipinski definition) is 2. The Morgan fingerprint density at radius 1 is 1.33 bits per heavy atom. The molecule has 1 aliphatic rings. The number of amides is 1. The number of carbonyl (C=O) groups excluding carboxylic acids is 1. The largest absolute Gasteiger partial charge is 0.377 e. The molecule has 21 heavy (non-hydrogen) atoms.